The number of anilines is 3. The summed E-state index contributed by atoms with van der Waals surface area (Å²) < 4.78 is 0. The van der Waals surface area contributed by atoms with Crippen LogP contribution in [-0.4, -0.2) is 13.4 Å². The minimum Gasteiger partial charge on any atom is -0.312 e. The Morgan fingerprint density at radius 1 is 0.246 bits per heavy atom. The Morgan fingerprint density at radius 3 is 0.877 bits per heavy atom. The molecule has 4 heterocycles. The van der Waals surface area contributed by atoms with Crippen LogP contribution in [0.25, 0.3) is 66.8 Å². The van der Waals surface area contributed by atoms with Crippen LogP contribution in [0.4, 0.5) is 17.1 Å². The zero-order valence-corrected chi connectivity index (χ0v) is 31.2. The van der Waals surface area contributed by atoms with Gasteiger partial charge in [-0.2, -0.15) is 0 Å². The van der Waals surface area contributed by atoms with Crippen LogP contribution in [0.2, 0.25) is 0 Å². The summed E-state index contributed by atoms with van der Waals surface area (Å²) in [5.41, 5.74) is 27.2. The molecular weight excluding hydrogens is 684 g/mol. The summed E-state index contributed by atoms with van der Waals surface area (Å²) in [5.74, 6) is 0. The molecule has 0 aliphatic carbocycles. The van der Waals surface area contributed by atoms with Crippen molar-refractivity contribution in [3.05, 3.63) is 200 Å². The van der Waals surface area contributed by atoms with E-state index in [1.807, 2.05) is 0 Å². The molecule has 0 saturated heterocycles. The Bertz CT molecular complexity index is 2970. The highest BCUT2D eigenvalue weighted by Gasteiger charge is 2.47. The first-order chi connectivity index (χ1) is 28.3. The first-order valence-corrected chi connectivity index (χ1v) is 20.1. The lowest BCUT2D eigenvalue weighted by Gasteiger charge is -2.45. The third kappa shape index (κ3) is 4.16. The van der Waals surface area contributed by atoms with Crippen molar-refractivity contribution in [1.29, 1.82) is 0 Å². The molecule has 9 aromatic rings. The summed E-state index contributed by atoms with van der Waals surface area (Å²) in [7, 11) is 0. The standard InChI is InChI=1S/C54H33B2N/c1-5-21-38-34(17-1)36-19-3-7-23-40(36)44-33-45-41-24-8-4-20-37(41)35-18-2-6-22-39(35)43-26-10-12-28-47(43)56-49-30-14-16-32-51(49)57-50-31-15-13-29-48(50)55(52(44)54(57)53(45)56)46-27-11-9-25-42(38)46/h1-33H. The van der Waals surface area contributed by atoms with E-state index >= 15 is 0 Å². The van der Waals surface area contributed by atoms with Gasteiger partial charge in [0.1, 0.15) is 0 Å². The molecule has 13 rings (SSSR count). The number of fused-ring (bicyclic) bond motifs is 20. The predicted molar refractivity (Wildman–Crippen MR) is 243 cm³/mol. The van der Waals surface area contributed by atoms with Gasteiger partial charge in [-0.1, -0.05) is 193 Å². The number of hydrogen-bond acceptors (Lipinski definition) is 1. The summed E-state index contributed by atoms with van der Waals surface area (Å²) in [6, 6.07) is 75.8. The fourth-order valence-corrected chi connectivity index (χ4v) is 11.0. The van der Waals surface area contributed by atoms with Crippen LogP contribution < -0.4 is 37.7 Å². The lowest BCUT2D eigenvalue weighted by molar-refractivity contribution is 1.30. The van der Waals surface area contributed by atoms with E-state index < -0.39 is 0 Å². The topological polar surface area (TPSA) is 3.24 Å². The van der Waals surface area contributed by atoms with Crippen LogP contribution in [0.3, 0.4) is 0 Å². The van der Waals surface area contributed by atoms with Crippen LogP contribution in [0.5, 0.6) is 0 Å². The van der Waals surface area contributed by atoms with E-state index in [9.17, 15) is 0 Å². The van der Waals surface area contributed by atoms with E-state index in [4.69, 9.17) is 0 Å². The number of nitrogens with zero attached hydrogens (tertiary/aromatic N) is 1. The molecule has 0 radical (unpaired) electrons. The minimum atomic E-state index is -0.00983. The molecular formula is C54H33B2N. The number of para-hydroxylation sites is 2. The van der Waals surface area contributed by atoms with Crippen molar-refractivity contribution in [2.45, 2.75) is 0 Å². The first-order valence-electron chi connectivity index (χ1n) is 20.1. The fraction of sp³-hybridized carbons (Fsp3) is 0. The van der Waals surface area contributed by atoms with Gasteiger partial charge < -0.3 is 4.90 Å². The summed E-state index contributed by atoms with van der Waals surface area (Å²) >= 11 is 0. The van der Waals surface area contributed by atoms with E-state index in [1.54, 1.807) is 0 Å². The maximum atomic E-state index is 2.64. The minimum absolute atomic E-state index is 0.00983. The van der Waals surface area contributed by atoms with Crippen LogP contribution in [0.1, 0.15) is 0 Å². The molecule has 0 aromatic heterocycles. The number of hydrogen-bond donors (Lipinski definition) is 0. The third-order valence-electron chi connectivity index (χ3n) is 13.2. The highest BCUT2D eigenvalue weighted by molar-refractivity contribution is 7.04. The average Bonchev–Trinajstić information content (AvgIpc) is 3.36. The van der Waals surface area contributed by atoms with Gasteiger partial charge in [0, 0.05) is 17.1 Å². The van der Waals surface area contributed by atoms with Gasteiger partial charge in [-0.15, -0.1) is 0 Å². The van der Waals surface area contributed by atoms with Gasteiger partial charge in [-0.25, -0.2) is 0 Å². The molecule has 3 heteroatoms. The van der Waals surface area contributed by atoms with Crippen molar-refractivity contribution in [1.82, 2.24) is 0 Å². The second-order valence-corrected chi connectivity index (χ2v) is 15.8. The van der Waals surface area contributed by atoms with E-state index in [0.717, 1.165) is 0 Å². The van der Waals surface area contributed by atoms with Crippen LogP contribution in [0.15, 0.2) is 200 Å². The maximum absolute atomic E-state index is 2.64. The molecule has 0 fully saturated rings. The van der Waals surface area contributed by atoms with Crippen molar-refractivity contribution < 1.29 is 0 Å². The summed E-state index contributed by atoms with van der Waals surface area (Å²) in [5, 5.41) is 0. The Labute approximate surface area is 333 Å². The lowest BCUT2D eigenvalue weighted by Crippen LogP contribution is -2.66. The lowest BCUT2D eigenvalue weighted by atomic mass is 9.29. The quantitative estimate of drug-likeness (QED) is 0.141. The van der Waals surface area contributed by atoms with Crippen molar-refractivity contribution >= 4 is 63.3 Å². The molecule has 260 valence electrons. The normalized spacial score (nSPS) is 13.2. The maximum Gasteiger partial charge on any atom is 0.248 e. The molecule has 0 bridgehead atoms. The smallest absolute Gasteiger partial charge is 0.248 e. The van der Waals surface area contributed by atoms with Gasteiger partial charge in [-0.05, 0) is 107 Å². The fourth-order valence-electron chi connectivity index (χ4n) is 11.0. The predicted octanol–water partition coefficient (Wildman–Crippen LogP) is 9.44. The summed E-state index contributed by atoms with van der Waals surface area (Å²) in [4.78, 5) is 2.64. The van der Waals surface area contributed by atoms with Crippen molar-refractivity contribution in [3.8, 4) is 66.8 Å². The molecule has 0 N–H and O–H groups in total. The molecule has 4 aliphatic heterocycles. The van der Waals surface area contributed by atoms with Gasteiger partial charge in [0.05, 0.1) is 0 Å². The highest BCUT2D eigenvalue weighted by Crippen LogP contribution is 2.48. The van der Waals surface area contributed by atoms with E-state index in [2.05, 4.69) is 205 Å². The van der Waals surface area contributed by atoms with Crippen molar-refractivity contribution in [2.24, 2.45) is 0 Å². The van der Waals surface area contributed by atoms with E-state index in [1.165, 1.54) is 117 Å². The van der Waals surface area contributed by atoms with Gasteiger partial charge in [-0.3, -0.25) is 0 Å². The van der Waals surface area contributed by atoms with Crippen molar-refractivity contribution in [3.63, 3.8) is 0 Å². The van der Waals surface area contributed by atoms with Crippen LogP contribution in [0, 0.1) is 0 Å². The molecule has 4 aliphatic rings. The summed E-state index contributed by atoms with van der Waals surface area (Å²) in [6.45, 7) is -0.0197. The molecule has 0 spiro atoms. The zero-order valence-electron chi connectivity index (χ0n) is 31.2. The van der Waals surface area contributed by atoms with E-state index in [-0.39, 0.29) is 13.4 Å². The molecule has 0 atom stereocenters. The zero-order chi connectivity index (χ0) is 37.2. The number of benzene rings is 9. The molecule has 0 saturated carbocycles. The molecule has 57 heavy (non-hydrogen) atoms. The Kier molecular flexibility index (Phi) is 6.40. The Hall–Kier alpha value is -7.09. The monoisotopic (exact) mass is 717 g/mol. The van der Waals surface area contributed by atoms with Gasteiger partial charge in [0.15, 0.2) is 0 Å². The second-order valence-electron chi connectivity index (χ2n) is 15.8. The second kappa shape index (κ2) is 11.7. The Balaban J connectivity index is 1.31. The summed E-state index contributed by atoms with van der Waals surface area (Å²) in [6.07, 6.45) is 0. The Morgan fingerprint density at radius 2 is 0.509 bits per heavy atom. The molecule has 9 aromatic carbocycles. The molecule has 0 amide bonds. The van der Waals surface area contributed by atoms with Gasteiger partial charge in [0.2, 0.25) is 13.4 Å². The first kappa shape index (κ1) is 31.2. The molecule has 1 nitrogen and oxygen atoms in total. The van der Waals surface area contributed by atoms with Crippen molar-refractivity contribution in [2.75, 3.05) is 4.90 Å². The SMILES string of the molecule is c1ccc2c(c1)B1c3ccccc3N3c4ccccc4B4c5ccccc5-c5ccccc5-c5ccccc5-c5cc(c1c3c54)-c1ccccc1-c1ccccc1-2. The van der Waals surface area contributed by atoms with Crippen LogP contribution >= 0.6 is 0 Å². The van der Waals surface area contributed by atoms with E-state index in [0.29, 0.717) is 0 Å². The van der Waals surface area contributed by atoms with Gasteiger partial charge >= 0.3 is 0 Å². The third-order valence-corrected chi connectivity index (χ3v) is 13.2. The molecule has 0 unspecified atom stereocenters. The number of rotatable bonds is 0. The average molecular weight is 717 g/mol. The highest BCUT2D eigenvalue weighted by atomic mass is 15.2. The van der Waals surface area contributed by atoms with Gasteiger partial charge in [0.25, 0.3) is 0 Å². The van der Waals surface area contributed by atoms with Crippen LogP contribution in [-0.2, 0) is 0 Å². The largest absolute Gasteiger partial charge is 0.312 e.